The predicted octanol–water partition coefficient (Wildman–Crippen LogP) is 6.66. The summed E-state index contributed by atoms with van der Waals surface area (Å²) in [6.45, 7) is 19.4. The Morgan fingerprint density at radius 2 is 1.00 bits per heavy atom. The van der Waals surface area contributed by atoms with Gasteiger partial charge in [-0.15, -0.1) is 0 Å². The van der Waals surface area contributed by atoms with Crippen LogP contribution in [0.5, 0.6) is 23.0 Å². The number of anilines is 3. The molecule has 22 heteroatoms. The zero-order valence-electron chi connectivity index (χ0n) is 49.9. The fraction of sp³-hybridized carbons (Fsp3) is 0.556. The first kappa shape index (κ1) is 60.7. The summed E-state index contributed by atoms with van der Waals surface area (Å²) in [6.07, 6.45) is 15.5. The van der Waals surface area contributed by atoms with Crippen LogP contribution in [0, 0.1) is 0 Å². The van der Waals surface area contributed by atoms with Crippen molar-refractivity contribution < 1.29 is 24.4 Å². The van der Waals surface area contributed by atoms with E-state index in [0.29, 0.717) is 49.1 Å². The van der Waals surface area contributed by atoms with Crippen molar-refractivity contribution in [2.45, 2.75) is 122 Å². The number of phenolic OH excluding ortho intramolecular Hbond substituents is 2. The zero-order valence-corrected chi connectivity index (χ0v) is 49.9. The maximum Gasteiger partial charge on any atom is 0.252 e. The van der Waals surface area contributed by atoms with Crippen molar-refractivity contribution in [3.05, 3.63) is 138 Å². The molecule has 1 unspecified atom stereocenters. The number of benzene rings is 2. The molecule has 0 bridgehead atoms. The number of hydrogen-bond donors (Lipinski definition) is 5. The molecule has 456 valence electrons. The number of nitrogens with one attached hydrogen (secondary N) is 3. The lowest BCUT2D eigenvalue weighted by atomic mass is 9.93. The van der Waals surface area contributed by atoms with E-state index >= 15 is 0 Å². The SMILES string of the molecule is CCOc1cc(CN2CCCC(c3cc(=O)[nH]c(N4CCOCC4)n3)C2)ccc1O.CCc1ncc(CN2CCC(c3cc(=O)[nH]c(N4CCCC4)n3)CC2)cn1.COc1ccc(CN2CCC(c3cc(=O)[nH]c(N4CCCC4)n3)CC2)cc1O. The van der Waals surface area contributed by atoms with E-state index in [0.717, 1.165) is 207 Å². The number of piperidine rings is 3. The van der Waals surface area contributed by atoms with Gasteiger partial charge in [0.05, 0.1) is 44.0 Å². The van der Waals surface area contributed by atoms with E-state index in [-0.39, 0.29) is 34.1 Å². The van der Waals surface area contributed by atoms with E-state index < -0.39 is 0 Å². The van der Waals surface area contributed by atoms with Crippen LogP contribution in [0.2, 0.25) is 0 Å². The van der Waals surface area contributed by atoms with Crippen LogP contribution in [0.15, 0.2) is 81.4 Å². The van der Waals surface area contributed by atoms with E-state index in [1.54, 1.807) is 43.5 Å². The van der Waals surface area contributed by atoms with Gasteiger partial charge in [0.25, 0.3) is 16.7 Å². The number of likely N-dealkylation sites (tertiary alicyclic amines) is 3. The Morgan fingerprint density at radius 1 is 0.518 bits per heavy atom. The van der Waals surface area contributed by atoms with Crippen LogP contribution < -0.4 is 40.9 Å². The van der Waals surface area contributed by atoms with Crippen molar-refractivity contribution in [3.8, 4) is 23.0 Å². The molecule has 6 saturated heterocycles. The lowest BCUT2D eigenvalue weighted by Crippen LogP contribution is -2.39. The molecule has 0 spiro atoms. The normalized spacial score (nSPS) is 19.3. The van der Waals surface area contributed by atoms with Gasteiger partial charge < -0.3 is 39.1 Å². The number of aromatic hydroxyl groups is 2. The van der Waals surface area contributed by atoms with E-state index in [1.807, 2.05) is 37.5 Å². The van der Waals surface area contributed by atoms with E-state index in [9.17, 15) is 24.6 Å². The second-order valence-electron chi connectivity index (χ2n) is 23.2. The van der Waals surface area contributed by atoms with Crippen LogP contribution in [0.25, 0.3) is 0 Å². The number of morpholine rings is 1. The van der Waals surface area contributed by atoms with Crippen molar-refractivity contribution in [3.63, 3.8) is 0 Å². The van der Waals surface area contributed by atoms with Crippen LogP contribution >= 0.6 is 0 Å². The average molecular weight is 1170 g/mol. The molecule has 5 N–H and O–H groups in total. The van der Waals surface area contributed by atoms with Crippen LogP contribution in [-0.4, -0.2) is 170 Å². The monoisotopic (exact) mass is 1170 g/mol. The fourth-order valence-electron chi connectivity index (χ4n) is 12.5. The summed E-state index contributed by atoms with van der Waals surface area (Å²) in [5, 5.41) is 19.9. The number of nitrogens with zero attached hydrogens (tertiary/aromatic N) is 11. The minimum atomic E-state index is -0.0986. The van der Waals surface area contributed by atoms with Gasteiger partial charge in [-0.25, -0.2) is 24.9 Å². The lowest BCUT2D eigenvalue weighted by molar-refractivity contribution is 0.122. The maximum atomic E-state index is 12.3. The van der Waals surface area contributed by atoms with Crippen LogP contribution in [0.3, 0.4) is 0 Å². The Kier molecular flexibility index (Phi) is 21.1. The molecule has 85 heavy (non-hydrogen) atoms. The van der Waals surface area contributed by atoms with Crippen LogP contribution in [0.4, 0.5) is 17.8 Å². The van der Waals surface area contributed by atoms with Gasteiger partial charge in [-0.3, -0.25) is 44.0 Å². The van der Waals surface area contributed by atoms with Gasteiger partial charge in [0.1, 0.15) is 5.82 Å². The van der Waals surface area contributed by atoms with Crippen LogP contribution in [0.1, 0.15) is 135 Å². The molecular weight excluding hydrogens is 1080 g/mol. The molecule has 6 fully saturated rings. The first-order valence-corrected chi connectivity index (χ1v) is 30.9. The van der Waals surface area contributed by atoms with Gasteiger partial charge in [0.15, 0.2) is 23.0 Å². The molecule has 6 aliphatic heterocycles. The number of hydrogen-bond acceptors (Lipinski definition) is 19. The molecule has 12 rings (SSSR count). The van der Waals surface area contributed by atoms with Gasteiger partial charge >= 0.3 is 0 Å². The number of ether oxygens (including phenoxy) is 3. The Labute approximate surface area is 497 Å². The number of aromatic amines is 3. The molecule has 0 saturated carbocycles. The molecule has 22 nitrogen and oxygen atoms in total. The standard InChI is InChI=1S/C22H30N4O4.C21H28N4O3.C20H28N6O/c1-2-30-20-12-16(5-6-19(20)27)14-25-7-3-4-17(15-25)18-13-21(28)24-22(23-18)26-8-10-29-11-9-26;1-28-19-5-4-15(12-18(19)26)14-24-10-6-16(7-11-24)17-13-20(27)23-21(22-17)25-8-2-3-9-25;1-2-18-21-12-15(13-22-18)14-25-9-5-16(6-10-25)17-11-19(27)24-20(23-17)26-7-3-4-8-26/h5-6,12-13,17,27H,2-4,7-11,14-15H2,1H3,(H,23,24,28);4-5,12-13,16,26H,2-3,6-11,14H2,1H3,(H,22,23,27);11-13,16H,2-10,14H2,1H3,(H,23,24,27). The zero-order chi connectivity index (χ0) is 59.1. The quantitative estimate of drug-likeness (QED) is 0.0680. The number of aryl methyl sites for hydroxylation is 1. The third kappa shape index (κ3) is 16.7. The molecule has 6 aromatic rings. The highest BCUT2D eigenvalue weighted by atomic mass is 16.5. The highest BCUT2D eigenvalue weighted by Crippen LogP contribution is 2.33. The second-order valence-corrected chi connectivity index (χ2v) is 23.2. The first-order chi connectivity index (χ1) is 41.4. The average Bonchev–Trinajstić information content (AvgIpc) is 4.45. The number of methoxy groups -OCH3 is 1. The lowest BCUT2D eigenvalue weighted by Gasteiger charge is -2.33. The first-order valence-electron chi connectivity index (χ1n) is 30.9. The summed E-state index contributed by atoms with van der Waals surface area (Å²) in [7, 11) is 1.55. The van der Waals surface area contributed by atoms with E-state index in [1.165, 1.54) is 12.8 Å². The molecule has 10 heterocycles. The van der Waals surface area contributed by atoms with Gasteiger partial charge in [0.2, 0.25) is 17.8 Å². The maximum absolute atomic E-state index is 12.3. The molecule has 0 amide bonds. The Hall–Kier alpha value is -7.40. The van der Waals surface area contributed by atoms with Crippen molar-refractivity contribution in [1.29, 1.82) is 0 Å². The fourth-order valence-corrected chi connectivity index (χ4v) is 12.5. The Balaban J connectivity index is 0.000000142. The number of phenols is 2. The van der Waals surface area contributed by atoms with Crippen molar-refractivity contribution >= 4 is 17.8 Å². The van der Waals surface area contributed by atoms with E-state index in [4.69, 9.17) is 29.2 Å². The minimum absolute atomic E-state index is 0.0301. The summed E-state index contributed by atoms with van der Waals surface area (Å²) in [6, 6.07) is 16.1. The van der Waals surface area contributed by atoms with Gasteiger partial charge in [-0.05, 0) is 139 Å². The highest BCUT2D eigenvalue weighted by molar-refractivity contribution is 5.43. The van der Waals surface area contributed by atoms with Crippen molar-refractivity contribution in [2.75, 3.05) is 120 Å². The summed E-state index contributed by atoms with van der Waals surface area (Å²) >= 11 is 0. The summed E-state index contributed by atoms with van der Waals surface area (Å²) < 4.78 is 16.0. The Bertz CT molecular complexity index is 3270. The predicted molar refractivity (Wildman–Crippen MR) is 328 cm³/mol. The molecule has 6 aliphatic rings. The molecule has 0 aliphatic carbocycles. The van der Waals surface area contributed by atoms with Crippen LogP contribution in [-0.2, 0) is 30.8 Å². The molecular formula is C63H86N14O8. The summed E-state index contributed by atoms with van der Waals surface area (Å²) in [4.78, 5) is 82.1. The van der Waals surface area contributed by atoms with Gasteiger partial charge in [0, 0.05) is 126 Å². The second kappa shape index (κ2) is 29.6. The molecule has 4 aromatic heterocycles. The topological polar surface area (TPSA) is 251 Å². The minimum Gasteiger partial charge on any atom is -0.504 e. The molecule has 0 radical (unpaired) electrons. The largest absolute Gasteiger partial charge is 0.504 e. The number of aromatic nitrogens is 8. The van der Waals surface area contributed by atoms with E-state index in [2.05, 4.69) is 61.2 Å². The number of rotatable bonds is 16. The summed E-state index contributed by atoms with van der Waals surface area (Å²) in [5.74, 6) is 5.31. The highest BCUT2D eigenvalue weighted by Gasteiger charge is 2.28. The number of H-pyrrole nitrogens is 3. The third-order valence-electron chi connectivity index (χ3n) is 17.2. The van der Waals surface area contributed by atoms with Crippen molar-refractivity contribution in [1.82, 2.24) is 54.6 Å². The van der Waals surface area contributed by atoms with Crippen molar-refractivity contribution in [2.24, 2.45) is 0 Å². The summed E-state index contributed by atoms with van der Waals surface area (Å²) in [5.41, 5.74) is 5.90. The molecule has 2 aromatic carbocycles. The smallest absolute Gasteiger partial charge is 0.252 e. The third-order valence-corrected chi connectivity index (χ3v) is 17.2. The van der Waals surface area contributed by atoms with Gasteiger partial charge in [-0.1, -0.05) is 19.1 Å². The molecule has 1 atom stereocenters. The Morgan fingerprint density at radius 3 is 1.51 bits per heavy atom. The van der Waals surface area contributed by atoms with Gasteiger partial charge in [-0.2, -0.15) is 0 Å².